The molecule has 4 nitrogen and oxygen atoms in total. The Morgan fingerprint density at radius 1 is 0.967 bits per heavy atom. The number of hydrogen-bond acceptors (Lipinski definition) is 4. The van der Waals surface area contributed by atoms with Gasteiger partial charge in [0.25, 0.3) is 0 Å². The molecule has 0 bridgehead atoms. The molecule has 0 aliphatic carbocycles. The summed E-state index contributed by atoms with van der Waals surface area (Å²) in [6, 6.07) is 11.0. The van der Waals surface area contributed by atoms with Crippen LogP contribution in [0.1, 0.15) is 79.1 Å². The van der Waals surface area contributed by atoms with E-state index in [2.05, 4.69) is 29.9 Å². The smallest absolute Gasteiger partial charge is 0.0613 e. The van der Waals surface area contributed by atoms with Crippen LogP contribution in [0.5, 0.6) is 0 Å². The maximum Gasteiger partial charge on any atom is 0.0613 e. The topological polar surface area (TPSA) is 66.2 Å². The van der Waals surface area contributed by atoms with Crippen LogP contribution in [0.2, 0.25) is 0 Å². The Morgan fingerprint density at radius 2 is 1.50 bits per heavy atom. The van der Waals surface area contributed by atoms with Crippen molar-refractivity contribution < 1.29 is 30.3 Å². The molecule has 1 radical (unpaired) electrons. The summed E-state index contributed by atoms with van der Waals surface area (Å²) in [6.45, 7) is 18.1. The molecule has 0 fully saturated rings. The number of aryl methyl sites for hydroxylation is 1. The van der Waals surface area contributed by atoms with E-state index in [0.717, 1.165) is 22.6 Å². The molecule has 30 heavy (non-hydrogen) atoms. The first-order valence-corrected chi connectivity index (χ1v) is 10.4. The van der Waals surface area contributed by atoms with Gasteiger partial charge in [-0.3, -0.25) is 4.98 Å². The molecule has 0 aliphatic rings. The fourth-order valence-electron chi connectivity index (χ4n) is 2.50. The maximum atomic E-state index is 9.76. The number of hydrogen-bond donors (Lipinski definition) is 2. The van der Waals surface area contributed by atoms with Crippen LogP contribution < -0.4 is 0 Å². The van der Waals surface area contributed by atoms with Crippen molar-refractivity contribution >= 4 is 0 Å². The molecule has 1 aromatic carbocycles. The number of aliphatic hydroxyl groups is 2. The molecule has 0 aliphatic heterocycles. The minimum Gasteiger partial charge on any atom is -0.392 e. The van der Waals surface area contributed by atoms with E-state index in [4.69, 9.17) is 0 Å². The Labute approximate surface area is 196 Å². The van der Waals surface area contributed by atoms with Crippen LogP contribution in [-0.2, 0) is 20.1 Å². The summed E-state index contributed by atoms with van der Waals surface area (Å²) < 4.78 is 0. The quantitative estimate of drug-likeness (QED) is 0.457. The van der Waals surface area contributed by atoms with Gasteiger partial charge in [-0.25, -0.2) is 0 Å². The van der Waals surface area contributed by atoms with Gasteiger partial charge < -0.3 is 15.2 Å². The standard InChI is InChI=1S/C14H15N2.C11H24O2.Ir/c1-10(2)13-9-15-14(11(3)16-13)12-7-5-4-6-8-12;1-10(2,3)8(12)7-9(13)11(4,5)6;/h4-7,9-10H,1-3H3;8-9,12-13H,7H2,1-6H3;/q-1;;. The molecule has 171 valence electrons. The largest absolute Gasteiger partial charge is 0.392 e. The van der Waals surface area contributed by atoms with Gasteiger partial charge in [-0.1, -0.05) is 55.4 Å². The van der Waals surface area contributed by atoms with Gasteiger partial charge in [0.1, 0.15) is 0 Å². The summed E-state index contributed by atoms with van der Waals surface area (Å²) in [7, 11) is 0. The van der Waals surface area contributed by atoms with E-state index in [1.54, 1.807) is 0 Å². The van der Waals surface area contributed by atoms with Gasteiger partial charge in [0.05, 0.1) is 17.9 Å². The zero-order chi connectivity index (χ0) is 22.4. The minimum absolute atomic E-state index is 0. The van der Waals surface area contributed by atoms with Crippen molar-refractivity contribution in [2.24, 2.45) is 10.8 Å². The van der Waals surface area contributed by atoms with E-state index in [-0.39, 0.29) is 30.9 Å². The summed E-state index contributed by atoms with van der Waals surface area (Å²) in [5, 5.41) is 19.5. The average Bonchev–Trinajstić information content (AvgIpc) is 2.61. The number of benzene rings is 1. The molecular formula is C25H39IrN2O2-. The second kappa shape index (κ2) is 12.0. The first-order valence-electron chi connectivity index (χ1n) is 10.4. The normalized spacial score (nSPS) is 13.7. The third-order valence-electron chi connectivity index (χ3n) is 4.97. The molecule has 2 N–H and O–H groups in total. The van der Waals surface area contributed by atoms with Crippen molar-refractivity contribution in [3.05, 3.63) is 47.9 Å². The second-order valence-electron chi connectivity index (χ2n) is 10.2. The predicted octanol–water partition coefficient (Wildman–Crippen LogP) is 5.56. The van der Waals surface area contributed by atoms with E-state index < -0.39 is 12.2 Å². The van der Waals surface area contributed by atoms with E-state index in [1.165, 1.54) is 0 Å². The summed E-state index contributed by atoms with van der Waals surface area (Å²) in [5.74, 6) is 0.417. The first-order chi connectivity index (χ1) is 13.2. The van der Waals surface area contributed by atoms with Gasteiger partial charge in [-0.2, -0.15) is 0 Å². The van der Waals surface area contributed by atoms with Crippen molar-refractivity contribution in [2.75, 3.05) is 0 Å². The molecule has 2 aromatic rings. The molecule has 2 rings (SSSR count). The minimum atomic E-state index is -0.443. The number of rotatable bonds is 4. The molecule has 0 spiro atoms. The first kappa shape index (κ1) is 28.9. The van der Waals surface area contributed by atoms with Gasteiger partial charge >= 0.3 is 0 Å². The summed E-state index contributed by atoms with van der Waals surface area (Å²) in [5.41, 5.74) is 3.64. The van der Waals surface area contributed by atoms with Gasteiger partial charge in [0.15, 0.2) is 0 Å². The van der Waals surface area contributed by atoms with Gasteiger partial charge in [-0.15, -0.1) is 35.9 Å². The third-order valence-corrected chi connectivity index (χ3v) is 4.97. The number of nitrogens with zero attached hydrogens (tertiary/aromatic N) is 2. The molecule has 1 aromatic heterocycles. The summed E-state index contributed by atoms with van der Waals surface area (Å²) in [4.78, 5) is 9.04. The van der Waals surface area contributed by atoms with E-state index in [9.17, 15) is 10.2 Å². The van der Waals surface area contributed by atoms with Crippen molar-refractivity contribution in [1.82, 2.24) is 9.97 Å². The Bertz CT molecular complexity index is 732. The Morgan fingerprint density at radius 3 is 1.87 bits per heavy atom. The molecule has 0 amide bonds. The van der Waals surface area contributed by atoms with Crippen LogP contribution >= 0.6 is 0 Å². The van der Waals surface area contributed by atoms with Crippen molar-refractivity contribution in [3.63, 3.8) is 0 Å². The molecular weight excluding hydrogens is 553 g/mol. The summed E-state index contributed by atoms with van der Waals surface area (Å²) in [6.07, 6.45) is 1.42. The van der Waals surface area contributed by atoms with E-state index in [0.29, 0.717) is 12.3 Å². The predicted molar refractivity (Wildman–Crippen MR) is 121 cm³/mol. The Hall–Kier alpha value is -1.13. The second-order valence-corrected chi connectivity index (χ2v) is 10.2. The van der Waals surface area contributed by atoms with Crippen LogP contribution in [0.25, 0.3) is 11.3 Å². The van der Waals surface area contributed by atoms with Crippen LogP contribution in [0.3, 0.4) is 0 Å². The zero-order valence-electron chi connectivity index (χ0n) is 19.9. The van der Waals surface area contributed by atoms with E-state index >= 15 is 0 Å². The molecule has 2 unspecified atom stereocenters. The third kappa shape index (κ3) is 9.34. The van der Waals surface area contributed by atoms with Crippen molar-refractivity contribution in [3.8, 4) is 11.3 Å². The van der Waals surface area contributed by atoms with Crippen LogP contribution in [0.15, 0.2) is 30.5 Å². The van der Waals surface area contributed by atoms with Crippen LogP contribution in [-0.4, -0.2) is 32.4 Å². The molecule has 0 saturated carbocycles. The van der Waals surface area contributed by atoms with Gasteiger partial charge in [0.2, 0.25) is 0 Å². The molecule has 1 heterocycles. The fourth-order valence-corrected chi connectivity index (χ4v) is 2.50. The van der Waals surface area contributed by atoms with Crippen LogP contribution in [0.4, 0.5) is 0 Å². The monoisotopic (exact) mass is 592 g/mol. The zero-order valence-corrected chi connectivity index (χ0v) is 22.3. The number of aliphatic hydroxyl groups excluding tert-OH is 2. The SMILES string of the molecule is CC(C)(C)C(O)CC(O)C(C)(C)C.Cc1nc(C(C)C)cnc1-c1[c-]cccc1.[Ir]. The van der Waals surface area contributed by atoms with Gasteiger partial charge in [-0.05, 0) is 23.7 Å². The molecule has 0 saturated heterocycles. The molecule has 2 atom stereocenters. The average molecular weight is 592 g/mol. The molecule has 5 heteroatoms. The Kier molecular flexibility index (Phi) is 11.6. The van der Waals surface area contributed by atoms with Crippen LogP contribution in [0, 0.1) is 23.8 Å². The van der Waals surface area contributed by atoms with Crippen molar-refractivity contribution in [2.45, 2.75) is 86.9 Å². The van der Waals surface area contributed by atoms with Crippen molar-refractivity contribution in [1.29, 1.82) is 0 Å². The van der Waals surface area contributed by atoms with E-state index in [1.807, 2.05) is 78.9 Å². The van der Waals surface area contributed by atoms with Gasteiger partial charge in [0, 0.05) is 44.1 Å². The maximum absolute atomic E-state index is 9.76. The fraction of sp³-hybridized carbons (Fsp3) is 0.600. The Balaban J connectivity index is 0.000000557. The summed E-state index contributed by atoms with van der Waals surface area (Å²) >= 11 is 0. The number of aromatic nitrogens is 2.